The standard InChI is InChI=1S/C13H11F5/c1-2-3-4-6-5-7(6)8-9(14)11(16)13(18)12(17)10(8)15/h2,6-7H,1,3-5H2/t6-,7+/m1/s1. The van der Waals surface area contributed by atoms with E-state index in [9.17, 15) is 22.0 Å². The molecule has 5 heteroatoms. The summed E-state index contributed by atoms with van der Waals surface area (Å²) in [5.74, 6) is -9.82. The minimum atomic E-state index is -2.10. The largest absolute Gasteiger partial charge is 0.203 e. The van der Waals surface area contributed by atoms with E-state index in [2.05, 4.69) is 6.58 Å². The average Bonchev–Trinajstić information content (AvgIpc) is 3.11. The number of hydrogen-bond acceptors (Lipinski definition) is 0. The zero-order valence-electron chi connectivity index (χ0n) is 9.45. The minimum absolute atomic E-state index is 0.0312. The first-order chi connectivity index (χ1) is 8.49. The van der Waals surface area contributed by atoms with E-state index < -0.39 is 40.6 Å². The van der Waals surface area contributed by atoms with E-state index in [1.807, 2.05) is 0 Å². The Hall–Kier alpha value is -1.39. The predicted octanol–water partition coefficient (Wildman–Crippen LogP) is 4.45. The van der Waals surface area contributed by atoms with Gasteiger partial charge in [-0.2, -0.15) is 0 Å². The van der Waals surface area contributed by atoms with Crippen molar-refractivity contribution in [3.8, 4) is 0 Å². The highest BCUT2D eigenvalue weighted by atomic mass is 19.2. The van der Waals surface area contributed by atoms with Gasteiger partial charge in [0.1, 0.15) is 0 Å². The first-order valence-electron chi connectivity index (χ1n) is 5.61. The zero-order valence-corrected chi connectivity index (χ0v) is 9.45. The Labute approximate surface area is 101 Å². The second-order valence-corrected chi connectivity index (χ2v) is 4.45. The third-order valence-electron chi connectivity index (χ3n) is 3.28. The van der Waals surface area contributed by atoms with E-state index in [1.54, 1.807) is 6.08 Å². The van der Waals surface area contributed by atoms with Crippen LogP contribution in [0.2, 0.25) is 0 Å². The van der Waals surface area contributed by atoms with Crippen LogP contribution < -0.4 is 0 Å². The van der Waals surface area contributed by atoms with Crippen molar-refractivity contribution in [3.05, 3.63) is 47.3 Å². The van der Waals surface area contributed by atoms with E-state index in [0.717, 1.165) is 0 Å². The van der Waals surface area contributed by atoms with Gasteiger partial charge in [-0.25, -0.2) is 22.0 Å². The van der Waals surface area contributed by atoms with Gasteiger partial charge in [-0.15, -0.1) is 6.58 Å². The maximum Gasteiger partial charge on any atom is 0.200 e. The van der Waals surface area contributed by atoms with Crippen molar-refractivity contribution >= 4 is 0 Å². The SMILES string of the molecule is C=CCC[C@@H]1C[C@@H]1c1c(F)c(F)c(F)c(F)c1F. The van der Waals surface area contributed by atoms with Crippen molar-refractivity contribution in [2.75, 3.05) is 0 Å². The van der Waals surface area contributed by atoms with Gasteiger partial charge in [0, 0.05) is 5.56 Å². The van der Waals surface area contributed by atoms with Crippen molar-refractivity contribution in [1.82, 2.24) is 0 Å². The van der Waals surface area contributed by atoms with Gasteiger partial charge in [-0.05, 0) is 31.1 Å². The molecule has 1 fully saturated rings. The molecule has 0 aliphatic heterocycles. The molecule has 0 N–H and O–H groups in total. The molecule has 1 aliphatic carbocycles. The fourth-order valence-electron chi connectivity index (χ4n) is 2.20. The number of rotatable bonds is 4. The van der Waals surface area contributed by atoms with Crippen molar-refractivity contribution in [2.24, 2.45) is 5.92 Å². The van der Waals surface area contributed by atoms with E-state index in [4.69, 9.17) is 0 Å². The molecule has 2 atom stereocenters. The van der Waals surface area contributed by atoms with E-state index in [-0.39, 0.29) is 5.92 Å². The lowest BCUT2D eigenvalue weighted by atomic mass is 10.0. The zero-order chi connectivity index (χ0) is 13.4. The Balaban J connectivity index is 2.33. The third kappa shape index (κ3) is 2.02. The van der Waals surface area contributed by atoms with Crippen LogP contribution in [0.4, 0.5) is 22.0 Å². The summed E-state index contributed by atoms with van der Waals surface area (Å²) in [4.78, 5) is 0. The molecular weight excluding hydrogens is 251 g/mol. The first-order valence-corrected chi connectivity index (χ1v) is 5.61. The highest BCUT2D eigenvalue weighted by Crippen LogP contribution is 2.52. The normalized spacial score (nSPS) is 22.1. The molecule has 1 aromatic rings. The van der Waals surface area contributed by atoms with Crippen LogP contribution in [0.1, 0.15) is 30.7 Å². The second-order valence-electron chi connectivity index (χ2n) is 4.45. The molecule has 0 heterocycles. The molecule has 1 aromatic carbocycles. The maximum absolute atomic E-state index is 13.4. The summed E-state index contributed by atoms with van der Waals surface area (Å²) in [5.41, 5.74) is -0.666. The molecule has 0 amide bonds. The third-order valence-corrected chi connectivity index (χ3v) is 3.28. The first kappa shape index (κ1) is 13.1. The summed E-state index contributed by atoms with van der Waals surface area (Å²) in [6, 6.07) is 0. The van der Waals surface area contributed by atoms with Crippen LogP contribution in [0.5, 0.6) is 0 Å². The molecule has 18 heavy (non-hydrogen) atoms. The van der Waals surface area contributed by atoms with Crippen LogP contribution in [-0.4, -0.2) is 0 Å². The van der Waals surface area contributed by atoms with Gasteiger partial charge >= 0.3 is 0 Å². The van der Waals surface area contributed by atoms with Crippen LogP contribution in [0.15, 0.2) is 12.7 Å². The molecular formula is C13H11F5. The monoisotopic (exact) mass is 262 g/mol. The van der Waals surface area contributed by atoms with Crippen molar-refractivity contribution in [2.45, 2.75) is 25.2 Å². The van der Waals surface area contributed by atoms with Gasteiger partial charge in [0.2, 0.25) is 5.82 Å². The quantitative estimate of drug-likeness (QED) is 0.325. The molecule has 0 bridgehead atoms. The molecule has 0 spiro atoms. The second kappa shape index (κ2) is 4.71. The minimum Gasteiger partial charge on any atom is -0.203 e. The Morgan fingerprint density at radius 2 is 1.44 bits per heavy atom. The van der Waals surface area contributed by atoms with Gasteiger partial charge in [-0.1, -0.05) is 6.08 Å². The van der Waals surface area contributed by atoms with Gasteiger partial charge in [0.25, 0.3) is 0 Å². The van der Waals surface area contributed by atoms with Crippen molar-refractivity contribution in [3.63, 3.8) is 0 Å². The molecule has 0 saturated heterocycles. The Morgan fingerprint density at radius 3 is 1.94 bits per heavy atom. The molecule has 1 aliphatic rings. The molecule has 2 rings (SSSR count). The molecule has 98 valence electrons. The fraction of sp³-hybridized carbons (Fsp3) is 0.385. The Bertz CT molecular complexity index is 466. The highest BCUT2D eigenvalue weighted by Gasteiger charge is 2.43. The maximum atomic E-state index is 13.4. The molecule has 0 unspecified atom stereocenters. The number of hydrogen-bond donors (Lipinski definition) is 0. The van der Waals surface area contributed by atoms with Gasteiger partial charge in [-0.3, -0.25) is 0 Å². The van der Waals surface area contributed by atoms with Crippen LogP contribution in [0.25, 0.3) is 0 Å². The number of allylic oxidation sites excluding steroid dienone is 1. The van der Waals surface area contributed by atoms with Crippen LogP contribution in [-0.2, 0) is 0 Å². The Morgan fingerprint density at radius 1 is 0.944 bits per heavy atom. The summed E-state index contributed by atoms with van der Waals surface area (Å²) in [7, 11) is 0. The lowest BCUT2D eigenvalue weighted by Gasteiger charge is -2.07. The van der Waals surface area contributed by atoms with E-state index >= 15 is 0 Å². The van der Waals surface area contributed by atoms with Crippen LogP contribution in [0.3, 0.4) is 0 Å². The summed E-state index contributed by atoms with van der Waals surface area (Å²) in [6.45, 7) is 3.52. The smallest absolute Gasteiger partial charge is 0.200 e. The average molecular weight is 262 g/mol. The summed E-state index contributed by atoms with van der Waals surface area (Å²) >= 11 is 0. The summed E-state index contributed by atoms with van der Waals surface area (Å²) in [5, 5.41) is 0. The van der Waals surface area contributed by atoms with Crippen molar-refractivity contribution in [1.29, 1.82) is 0 Å². The lowest BCUT2D eigenvalue weighted by molar-refractivity contribution is 0.369. The topological polar surface area (TPSA) is 0 Å². The lowest BCUT2D eigenvalue weighted by Crippen LogP contribution is -2.06. The molecule has 0 aromatic heterocycles. The van der Waals surface area contributed by atoms with Gasteiger partial charge < -0.3 is 0 Å². The van der Waals surface area contributed by atoms with Gasteiger partial charge in [0.05, 0.1) is 0 Å². The van der Waals surface area contributed by atoms with Crippen molar-refractivity contribution < 1.29 is 22.0 Å². The highest BCUT2D eigenvalue weighted by molar-refractivity contribution is 5.31. The predicted molar refractivity (Wildman–Crippen MR) is 56.5 cm³/mol. The number of benzene rings is 1. The summed E-state index contributed by atoms with van der Waals surface area (Å²) in [6.07, 6.45) is 3.42. The molecule has 1 saturated carbocycles. The fourth-order valence-corrected chi connectivity index (χ4v) is 2.20. The summed E-state index contributed by atoms with van der Waals surface area (Å²) < 4.78 is 65.7. The van der Waals surface area contributed by atoms with E-state index in [1.165, 1.54) is 0 Å². The van der Waals surface area contributed by atoms with E-state index in [0.29, 0.717) is 19.3 Å². The number of halogens is 5. The van der Waals surface area contributed by atoms with Crippen LogP contribution in [0, 0.1) is 35.0 Å². The molecule has 0 radical (unpaired) electrons. The van der Waals surface area contributed by atoms with Gasteiger partial charge in [0.15, 0.2) is 23.3 Å². The molecule has 0 nitrogen and oxygen atoms in total. The Kier molecular flexibility index (Phi) is 3.41. The van der Waals surface area contributed by atoms with Crippen LogP contribution >= 0.6 is 0 Å².